The molecular weight excluding hydrogens is 290 g/mol. The number of hydrogen-bond acceptors (Lipinski definition) is 4. The van der Waals surface area contributed by atoms with Crippen LogP contribution < -0.4 is 4.74 Å². The molecule has 0 bridgehead atoms. The quantitative estimate of drug-likeness (QED) is 0.918. The fourth-order valence-electron chi connectivity index (χ4n) is 2.18. The molecule has 1 heterocycles. The Bertz CT molecular complexity index is 517. The summed E-state index contributed by atoms with van der Waals surface area (Å²) >= 11 is 1.55. The van der Waals surface area contributed by atoms with E-state index in [1.807, 2.05) is 19.1 Å². The number of carbonyl (C=O) groups is 2. The molecule has 114 valence electrons. The molecule has 1 aromatic rings. The number of rotatable bonds is 4. The van der Waals surface area contributed by atoms with E-state index in [0.717, 1.165) is 11.3 Å². The molecule has 0 spiro atoms. The van der Waals surface area contributed by atoms with Crippen LogP contribution in [0.15, 0.2) is 24.3 Å². The van der Waals surface area contributed by atoms with Gasteiger partial charge < -0.3 is 14.7 Å². The molecule has 2 unspecified atom stereocenters. The van der Waals surface area contributed by atoms with E-state index in [-0.39, 0.29) is 5.91 Å². The third kappa shape index (κ3) is 3.91. The molecule has 21 heavy (non-hydrogen) atoms. The summed E-state index contributed by atoms with van der Waals surface area (Å²) < 4.78 is 5.62. The van der Waals surface area contributed by atoms with E-state index < -0.39 is 18.1 Å². The van der Waals surface area contributed by atoms with Gasteiger partial charge in [-0.05, 0) is 26.0 Å². The zero-order chi connectivity index (χ0) is 15.4. The molecule has 1 aliphatic rings. The van der Waals surface area contributed by atoms with Crippen LogP contribution in [0.5, 0.6) is 5.75 Å². The predicted octanol–water partition coefficient (Wildman–Crippen LogP) is 1.79. The van der Waals surface area contributed by atoms with E-state index in [1.54, 1.807) is 30.8 Å². The van der Waals surface area contributed by atoms with E-state index in [9.17, 15) is 14.7 Å². The van der Waals surface area contributed by atoms with Crippen molar-refractivity contribution < 1.29 is 19.4 Å². The van der Waals surface area contributed by atoms with Crippen LogP contribution in [0.3, 0.4) is 0 Å². The molecule has 1 aromatic carbocycles. The maximum Gasteiger partial charge on any atom is 0.327 e. The first-order valence-electron chi connectivity index (χ1n) is 6.83. The highest BCUT2D eigenvalue weighted by Crippen LogP contribution is 2.20. The van der Waals surface area contributed by atoms with Gasteiger partial charge in [0, 0.05) is 18.1 Å². The van der Waals surface area contributed by atoms with E-state index in [4.69, 9.17) is 4.74 Å². The Labute approximate surface area is 128 Å². The van der Waals surface area contributed by atoms with Crippen molar-refractivity contribution in [2.24, 2.45) is 0 Å². The molecule has 5 nitrogen and oxygen atoms in total. The minimum Gasteiger partial charge on any atom is -0.481 e. The van der Waals surface area contributed by atoms with Gasteiger partial charge in [0.05, 0.1) is 0 Å². The molecule has 0 aliphatic carbocycles. The monoisotopic (exact) mass is 309 g/mol. The molecule has 0 aromatic heterocycles. The van der Waals surface area contributed by atoms with Crippen LogP contribution in [0.2, 0.25) is 0 Å². The van der Waals surface area contributed by atoms with Gasteiger partial charge in [0.15, 0.2) is 6.10 Å². The summed E-state index contributed by atoms with van der Waals surface area (Å²) in [6.07, 6.45) is -0.697. The molecule has 0 saturated carbocycles. The predicted molar refractivity (Wildman–Crippen MR) is 81.7 cm³/mol. The normalized spacial score (nSPS) is 19.9. The minimum atomic E-state index is -0.960. The van der Waals surface area contributed by atoms with Gasteiger partial charge in [-0.1, -0.05) is 17.7 Å². The van der Waals surface area contributed by atoms with Gasteiger partial charge >= 0.3 is 5.97 Å². The minimum absolute atomic E-state index is 0.275. The average Bonchev–Trinajstić information content (AvgIpc) is 2.48. The second-order valence-electron chi connectivity index (χ2n) is 5.03. The first-order valence-corrected chi connectivity index (χ1v) is 7.99. The van der Waals surface area contributed by atoms with Crippen molar-refractivity contribution in [1.82, 2.24) is 4.90 Å². The number of carboxylic acid groups (broad SMARTS) is 1. The molecule has 1 N–H and O–H groups in total. The van der Waals surface area contributed by atoms with Gasteiger partial charge in [0.25, 0.3) is 5.91 Å². The first-order chi connectivity index (χ1) is 9.99. The van der Waals surface area contributed by atoms with Crippen LogP contribution in [-0.2, 0) is 9.59 Å². The Morgan fingerprint density at radius 1 is 1.38 bits per heavy atom. The number of nitrogens with zero attached hydrogens (tertiary/aromatic N) is 1. The number of thioether (sulfide) groups is 1. The highest BCUT2D eigenvalue weighted by Gasteiger charge is 2.35. The van der Waals surface area contributed by atoms with E-state index in [2.05, 4.69) is 0 Å². The van der Waals surface area contributed by atoms with Crippen LogP contribution in [-0.4, -0.2) is 52.1 Å². The second kappa shape index (κ2) is 6.85. The Hall–Kier alpha value is -1.69. The largest absolute Gasteiger partial charge is 0.481 e. The molecular formula is C15H19NO4S. The summed E-state index contributed by atoms with van der Waals surface area (Å²) in [5.74, 6) is 0.562. The molecule has 1 aliphatic heterocycles. The van der Waals surface area contributed by atoms with Crippen molar-refractivity contribution in [2.75, 3.05) is 18.1 Å². The smallest absolute Gasteiger partial charge is 0.327 e. The van der Waals surface area contributed by atoms with E-state index in [1.165, 1.54) is 4.90 Å². The lowest BCUT2D eigenvalue weighted by atomic mass is 10.2. The third-order valence-corrected chi connectivity index (χ3v) is 4.40. The molecule has 6 heteroatoms. The number of ether oxygens (including phenoxy) is 1. The summed E-state index contributed by atoms with van der Waals surface area (Å²) in [5, 5.41) is 9.21. The molecule has 2 rings (SSSR count). The van der Waals surface area contributed by atoms with Crippen molar-refractivity contribution in [3.63, 3.8) is 0 Å². The molecule has 0 radical (unpaired) electrons. The Balaban J connectivity index is 2.03. The lowest BCUT2D eigenvalue weighted by Gasteiger charge is -2.34. The summed E-state index contributed by atoms with van der Waals surface area (Å²) in [6, 6.07) is 6.66. The number of hydrogen-bond donors (Lipinski definition) is 1. The van der Waals surface area contributed by atoms with Crippen molar-refractivity contribution in [1.29, 1.82) is 0 Å². The zero-order valence-electron chi connectivity index (χ0n) is 12.1. The Kier molecular flexibility index (Phi) is 5.12. The topological polar surface area (TPSA) is 66.8 Å². The van der Waals surface area contributed by atoms with Crippen molar-refractivity contribution in [2.45, 2.75) is 26.0 Å². The van der Waals surface area contributed by atoms with Crippen LogP contribution in [0.1, 0.15) is 12.5 Å². The van der Waals surface area contributed by atoms with E-state index in [0.29, 0.717) is 18.0 Å². The Morgan fingerprint density at radius 2 is 2.05 bits per heavy atom. The number of benzene rings is 1. The maximum atomic E-state index is 12.4. The second-order valence-corrected chi connectivity index (χ2v) is 6.18. The number of aryl methyl sites for hydroxylation is 1. The third-order valence-electron chi connectivity index (χ3n) is 3.38. The van der Waals surface area contributed by atoms with Crippen molar-refractivity contribution >= 4 is 23.6 Å². The molecule has 1 fully saturated rings. The Morgan fingerprint density at radius 3 is 2.67 bits per heavy atom. The SMILES string of the molecule is Cc1ccc(OC(C)C(=O)N2CCSCC2C(=O)O)cc1. The zero-order valence-corrected chi connectivity index (χ0v) is 12.9. The van der Waals surface area contributed by atoms with E-state index >= 15 is 0 Å². The summed E-state index contributed by atoms with van der Waals surface area (Å²) in [7, 11) is 0. The van der Waals surface area contributed by atoms with Gasteiger partial charge in [-0.3, -0.25) is 4.79 Å². The van der Waals surface area contributed by atoms with Crippen LogP contribution in [0.25, 0.3) is 0 Å². The lowest BCUT2D eigenvalue weighted by Crippen LogP contribution is -2.53. The maximum absolute atomic E-state index is 12.4. The average molecular weight is 309 g/mol. The first kappa shape index (κ1) is 15.7. The number of carbonyl (C=O) groups excluding carboxylic acids is 1. The molecule has 2 atom stereocenters. The number of carboxylic acids is 1. The standard InChI is InChI=1S/C15H19NO4S/c1-10-3-5-12(6-4-10)20-11(2)14(17)16-7-8-21-9-13(16)15(18)19/h3-6,11,13H,7-9H2,1-2H3,(H,18,19). The van der Waals surface area contributed by atoms with Crippen LogP contribution in [0.4, 0.5) is 0 Å². The number of aliphatic carboxylic acids is 1. The highest BCUT2D eigenvalue weighted by atomic mass is 32.2. The van der Waals surface area contributed by atoms with Gasteiger partial charge in [0.1, 0.15) is 11.8 Å². The fourth-order valence-corrected chi connectivity index (χ4v) is 3.22. The van der Waals surface area contributed by atoms with Crippen LogP contribution >= 0.6 is 11.8 Å². The highest BCUT2D eigenvalue weighted by molar-refractivity contribution is 7.99. The van der Waals surface area contributed by atoms with Crippen LogP contribution in [0, 0.1) is 6.92 Å². The lowest BCUT2D eigenvalue weighted by molar-refractivity contribution is -0.152. The molecule has 1 amide bonds. The van der Waals surface area contributed by atoms with Gasteiger partial charge in [-0.2, -0.15) is 11.8 Å². The van der Waals surface area contributed by atoms with Gasteiger partial charge in [0.2, 0.25) is 0 Å². The molecule has 1 saturated heterocycles. The van der Waals surface area contributed by atoms with Crippen molar-refractivity contribution in [3.05, 3.63) is 29.8 Å². The summed E-state index contributed by atoms with van der Waals surface area (Å²) in [5.41, 5.74) is 1.11. The summed E-state index contributed by atoms with van der Waals surface area (Å²) in [6.45, 7) is 4.08. The van der Waals surface area contributed by atoms with Crippen molar-refractivity contribution in [3.8, 4) is 5.75 Å². The van der Waals surface area contributed by atoms with Gasteiger partial charge in [-0.15, -0.1) is 0 Å². The number of amides is 1. The van der Waals surface area contributed by atoms with Gasteiger partial charge in [-0.25, -0.2) is 4.79 Å². The fraction of sp³-hybridized carbons (Fsp3) is 0.467. The summed E-state index contributed by atoms with van der Waals surface area (Å²) in [4.78, 5) is 25.1.